The number of carbonyl (C=O) groups excluding carboxylic acids is 1. The minimum Gasteiger partial charge on any atom is -0.285 e. The minimum atomic E-state index is 0.215. The lowest BCUT2D eigenvalue weighted by Gasteiger charge is -2.04. The third kappa shape index (κ3) is 6.21. The summed E-state index contributed by atoms with van der Waals surface area (Å²) >= 11 is 2.81. The highest BCUT2D eigenvalue weighted by Crippen LogP contribution is 2.07. The van der Waals surface area contributed by atoms with Crippen molar-refractivity contribution >= 4 is 28.8 Å². The predicted molar refractivity (Wildman–Crippen MR) is 44.7 cm³/mol. The summed E-state index contributed by atoms with van der Waals surface area (Å²) in [4.78, 5) is 10.8. The molecule has 0 aromatic heterocycles. The van der Waals surface area contributed by atoms with Crippen LogP contribution in [0, 0.1) is 0 Å². The summed E-state index contributed by atoms with van der Waals surface area (Å²) in [5.41, 5.74) is 0. The van der Waals surface area contributed by atoms with Crippen molar-refractivity contribution in [3.05, 3.63) is 0 Å². The molecule has 0 N–H and O–H groups in total. The molecule has 0 bridgehead atoms. The molecular formula is C5H11NOS2. The molecular weight excluding hydrogens is 154 g/mol. The largest absolute Gasteiger partial charge is 0.285 e. The number of nitrogens with zero attached hydrogens (tertiary/aromatic N) is 1. The Balaban J connectivity index is 3.27. The van der Waals surface area contributed by atoms with E-state index in [0.717, 1.165) is 0 Å². The van der Waals surface area contributed by atoms with Crippen LogP contribution in [0.15, 0.2) is 0 Å². The van der Waals surface area contributed by atoms with Gasteiger partial charge in [0.15, 0.2) is 0 Å². The van der Waals surface area contributed by atoms with E-state index in [1.54, 1.807) is 16.1 Å². The zero-order valence-electron chi connectivity index (χ0n) is 5.88. The van der Waals surface area contributed by atoms with Gasteiger partial charge in [-0.3, -0.25) is 9.10 Å². The normalized spacial score (nSPS) is 10.2. The van der Waals surface area contributed by atoms with Crippen LogP contribution < -0.4 is 0 Å². The lowest BCUT2D eigenvalue weighted by molar-refractivity contribution is -0.108. The Kier molecular flexibility index (Phi) is 5.33. The first-order valence-electron chi connectivity index (χ1n) is 2.54. The van der Waals surface area contributed by atoms with E-state index in [1.807, 2.05) is 20.4 Å². The topological polar surface area (TPSA) is 20.3 Å². The van der Waals surface area contributed by atoms with Gasteiger partial charge in [0, 0.05) is 0 Å². The summed E-state index contributed by atoms with van der Waals surface area (Å²) in [6, 6.07) is 0. The molecule has 0 radical (unpaired) electrons. The molecule has 0 spiro atoms. The van der Waals surface area contributed by atoms with Gasteiger partial charge in [-0.2, -0.15) is 11.8 Å². The van der Waals surface area contributed by atoms with Gasteiger partial charge >= 0.3 is 0 Å². The standard InChI is InChI=1S/C5H11NOS2/c1-6(2)9-5(7)4-8-3/h4H2,1-3H3. The smallest absolute Gasteiger partial charge is 0.213 e. The van der Waals surface area contributed by atoms with Crippen LogP contribution in [-0.4, -0.2) is 35.5 Å². The van der Waals surface area contributed by atoms with Crippen LogP contribution in [0.3, 0.4) is 0 Å². The SMILES string of the molecule is CSCC(=O)SN(C)C. The first-order chi connectivity index (χ1) is 4.16. The minimum absolute atomic E-state index is 0.215. The zero-order chi connectivity index (χ0) is 7.28. The van der Waals surface area contributed by atoms with E-state index in [0.29, 0.717) is 5.75 Å². The Morgan fingerprint density at radius 3 is 2.44 bits per heavy atom. The molecule has 0 amide bonds. The molecule has 0 aliphatic rings. The summed E-state index contributed by atoms with van der Waals surface area (Å²) in [6.45, 7) is 0. The highest BCUT2D eigenvalue weighted by atomic mass is 32.2. The van der Waals surface area contributed by atoms with E-state index in [1.165, 1.54) is 11.9 Å². The Bertz CT molecular complexity index is 95.0. The molecule has 0 rings (SSSR count). The van der Waals surface area contributed by atoms with Crippen molar-refractivity contribution in [3.8, 4) is 0 Å². The van der Waals surface area contributed by atoms with Crippen LogP contribution in [0.4, 0.5) is 0 Å². The van der Waals surface area contributed by atoms with Crippen molar-refractivity contribution < 1.29 is 4.79 Å². The maximum atomic E-state index is 10.8. The summed E-state index contributed by atoms with van der Waals surface area (Å²) in [6.07, 6.45) is 1.92. The van der Waals surface area contributed by atoms with Crippen LogP contribution >= 0.6 is 23.7 Å². The number of thioether (sulfide) groups is 1. The van der Waals surface area contributed by atoms with Crippen molar-refractivity contribution in [1.29, 1.82) is 0 Å². The third-order valence-electron chi connectivity index (χ3n) is 0.547. The second kappa shape index (κ2) is 5.14. The van der Waals surface area contributed by atoms with Crippen molar-refractivity contribution in [1.82, 2.24) is 4.31 Å². The quantitative estimate of drug-likeness (QED) is 0.583. The molecule has 0 saturated carbocycles. The monoisotopic (exact) mass is 165 g/mol. The molecule has 0 aromatic carbocycles. The zero-order valence-corrected chi connectivity index (χ0v) is 7.51. The molecule has 9 heavy (non-hydrogen) atoms. The maximum absolute atomic E-state index is 10.8. The van der Waals surface area contributed by atoms with Gasteiger partial charge in [0.05, 0.1) is 5.75 Å². The molecule has 54 valence electrons. The van der Waals surface area contributed by atoms with E-state index in [2.05, 4.69) is 0 Å². The number of rotatable bonds is 3. The Labute approximate surface area is 64.5 Å². The first kappa shape index (κ1) is 9.33. The molecule has 0 atom stereocenters. The molecule has 2 nitrogen and oxygen atoms in total. The highest BCUT2D eigenvalue weighted by Gasteiger charge is 2.01. The highest BCUT2D eigenvalue weighted by molar-refractivity contribution is 8.14. The van der Waals surface area contributed by atoms with Crippen LogP contribution in [0.2, 0.25) is 0 Å². The lowest BCUT2D eigenvalue weighted by Crippen LogP contribution is -2.06. The fourth-order valence-corrected chi connectivity index (χ4v) is 1.56. The summed E-state index contributed by atoms with van der Waals surface area (Å²) in [7, 11) is 3.73. The van der Waals surface area contributed by atoms with Crippen LogP contribution in [0.1, 0.15) is 0 Å². The molecule has 0 aliphatic carbocycles. The van der Waals surface area contributed by atoms with Gasteiger partial charge in [0.1, 0.15) is 0 Å². The Morgan fingerprint density at radius 1 is 1.56 bits per heavy atom. The van der Waals surface area contributed by atoms with Crippen LogP contribution in [0.5, 0.6) is 0 Å². The molecule has 0 fully saturated rings. The molecule has 4 heteroatoms. The number of carbonyl (C=O) groups is 1. The van der Waals surface area contributed by atoms with E-state index in [-0.39, 0.29) is 5.12 Å². The fourth-order valence-electron chi connectivity index (χ4n) is 0.348. The van der Waals surface area contributed by atoms with Crippen molar-refractivity contribution in [2.24, 2.45) is 0 Å². The average molecular weight is 165 g/mol. The Morgan fingerprint density at radius 2 is 2.11 bits per heavy atom. The van der Waals surface area contributed by atoms with E-state index in [9.17, 15) is 4.79 Å². The van der Waals surface area contributed by atoms with Gasteiger partial charge in [0.2, 0.25) is 5.12 Å². The van der Waals surface area contributed by atoms with E-state index >= 15 is 0 Å². The van der Waals surface area contributed by atoms with Crippen molar-refractivity contribution in [2.45, 2.75) is 0 Å². The van der Waals surface area contributed by atoms with Crippen LogP contribution in [0.25, 0.3) is 0 Å². The van der Waals surface area contributed by atoms with Gasteiger partial charge < -0.3 is 0 Å². The third-order valence-corrected chi connectivity index (χ3v) is 1.99. The first-order valence-corrected chi connectivity index (χ1v) is 4.70. The van der Waals surface area contributed by atoms with Crippen LogP contribution in [-0.2, 0) is 4.79 Å². The van der Waals surface area contributed by atoms with Gasteiger partial charge in [-0.15, -0.1) is 0 Å². The van der Waals surface area contributed by atoms with Gasteiger partial charge in [-0.05, 0) is 32.3 Å². The van der Waals surface area contributed by atoms with E-state index in [4.69, 9.17) is 0 Å². The van der Waals surface area contributed by atoms with Crippen molar-refractivity contribution in [2.75, 3.05) is 26.1 Å². The Hall–Kier alpha value is 0.330. The number of hydrogen-bond donors (Lipinski definition) is 0. The second-order valence-electron chi connectivity index (χ2n) is 1.71. The molecule has 0 aromatic rings. The summed E-state index contributed by atoms with van der Waals surface area (Å²) in [5, 5.41) is 0.215. The molecule has 0 aliphatic heterocycles. The van der Waals surface area contributed by atoms with E-state index < -0.39 is 0 Å². The average Bonchev–Trinajstić information content (AvgIpc) is 1.63. The molecule has 0 heterocycles. The van der Waals surface area contributed by atoms with Gasteiger partial charge in [-0.25, -0.2) is 0 Å². The fraction of sp³-hybridized carbons (Fsp3) is 0.800. The maximum Gasteiger partial charge on any atom is 0.213 e. The predicted octanol–water partition coefficient (Wildman–Crippen LogP) is 1.09. The summed E-state index contributed by atoms with van der Waals surface area (Å²) < 4.78 is 1.80. The summed E-state index contributed by atoms with van der Waals surface area (Å²) in [5.74, 6) is 0.600. The number of hydrogen-bond acceptors (Lipinski definition) is 4. The van der Waals surface area contributed by atoms with Gasteiger partial charge in [0.25, 0.3) is 0 Å². The molecule has 0 unspecified atom stereocenters. The van der Waals surface area contributed by atoms with Crippen molar-refractivity contribution in [3.63, 3.8) is 0 Å². The molecule has 0 saturated heterocycles. The van der Waals surface area contributed by atoms with Gasteiger partial charge in [-0.1, -0.05) is 0 Å². The second-order valence-corrected chi connectivity index (χ2v) is 3.94. The lowest BCUT2D eigenvalue weighted by atomic mass is 10.9.